The van der Waals surface area contributed by atoms with Gasteiger partial charge in [-0.3, -0.25) is 0 Å². The van der Waals surface area contributed by atoms with Crippen molar-refractivity contribution in [2.75, 3.05) is 13.1 Å². The molecule has 4 aliphatic rings. The Morgan fingerprint density at radius 1 is 0.833 bits per heavy atom. The van der Waals surface area contributed by atoms with E-state index >= 15 is 0 Å². The van der Waals surface area contributed by atoms with Crippen molar-refractivity contribution in [3.8, 4) is 0 Å². The van der Waals surface area contributed by atoms with Gasteiger partial charge in [0.05, 0.1) is 6.10 Å². The number of aliphatic hydroxyl groups is 1. The summed E-state index contributed by atoms with van der Waals surface area (Å²) in [5.41, 5.74) is 14.1. The number of hydrogen-bond acceptors (Lipinski definition) is 4. The minimum Gasteiger partial charge on any atom is -0.392 e. The first-order chi connectivity index (χ1) is 11.3. The van der Waals surface area contributed by atoms with E-state index in [4.69, 9.17) is 11.5 Å². The number of hydrogen-bond donors (Lipinski definition) is 4. The number of nitrogens with two attached hydrogens (primary N) is 2. The lowest BCUT2D eigenvalue weighted by Gasteiger charge is -2.68. The maximum Gasteiger partial charge on any atom is 0.0612 e. The van der Waals surface area contributed by atoms with E-state index in [1.807, 2.05) is 0 Å². The largest absolute Gasteiger partial charge is 0.392 e. The van der Waals surface area contributed by atoms with Crippen LogP contribution in [0.15, 0.2) is 0 Å². The molecule has 1 heterocycles. The third kappa shape index (κ3) is 1.94. The first-order valence-corrected chi connectivity index (χ1v) is 10.2. The van der Waals surface area contributed by atoms with E-state index in [0.29, 0.717) is 11.8 Å². The zero-order valence-corrected chi connectivity index (χ0v) is 15.6. The highest BCUT2D eigenvalue weighted by atomic mass is 16.3. The fourth-order valence-corrected chi connectivity index (χ4v) is 7.51. The third-order valence-electron chi connectivity index (χ3n) is 9.42. The lowest BCUT2D eigenvalue weighted by molar-refractivity contribution is -0.141. The van der Waals surface area contributed by atoms with Crippen LogP contribution in [0.5, 0.6) is 0 Å². The molecule has 0 amide bonds. The van der Waals surface area contributed by atoms with Crippen molar-refractivity contribution in [3.05, 3.63) is 0 Å². The van der Waals surface area contributed by atoms with Gasteiger partial charge in [-0.05, 0) is 88.1 Å². The molecule has 24 heavy (non-hydrogen) atoms. The number of fused-ring (bicyclic) bond motifs is 5. The smallest absolute Gasteiger partial charge is 0.0612 e. The van der Waals surface area contributed by atoms with E-state index in [1.54, 1.807) is 0 Å². The Bertz CT molecular complexity index is 513. The molecule has 7 atom stereocenters. The summed E-state index contributed by atoms with van der Waals surface area (Å²) in [5.74, 6) is 1.07. The predicted octanol–water partition coefficient (Wildman–Crippen LogP) is 2.14. The van der Waals surface area contributed by atoms with Gasteiger partial charge in [-0.25, -0.2) is 0 Å². The molecule has 0 aromatic carbocycles. The lowest BCUT2D eigenvalue weighted by Crippen LogP contribution is -2.77. The molecule has 0 radical (unpaired) electrons. The molecule has 3 aliphatic carbocycles. The van der Waals surface area contributed by atoms with Gasteiger partial charge >= 0.3 is 0 Å². The van der Waals surface area contributed by atoms with Crippen LogP contribution in [-0.2, 0) is 0 Å². The van der Waals surface area contributed by atoms with Crippen molar-refractivity contribution in [1.29, 1.82) is 0 Å². The Morgan fingerprint density at radius 3 is 2.38 bits per heavy atom. The normalized spacial score (nSPS) is 58.1. The van der Waals surface area contributed by atoms with Crippen LogP contribution in [0.3, 0.4) is 0 Å². The molecule has 3 saturated carbocycles. The van der Waals surface area contributed by atoms with Crippen molar-refractivity contribution >= 4 is 0 Å². The van der Waals surface area contributed by atoms with E-state index in [2.05, 4.69) is 19.2 Å². The molecule has 138 valence electrons. The molecule has 6 N–H and O–H groups in total. The molecule has 4 heteroatoms. The van der Waals surface area contributed by atoms with Gasteiger partial charge in [-0.15, -0.1) is 0 Å². The highest BCUT2D eigenvalue weighted by molar-refractivity contribution is 5.25. The van der Waals surface area contributed by atoms with E-state index < -0.39 is 0 Å². The van der Waals surface area contributed by atoms with Crippen molar-refractivity contribution in [3.63, 3.8) is 0 Å². The topological polar surface area (TPSA) is 84.3 Å². The van der Waals surface area contributed by atoms with E-state index in [1.165, 1.54) is 25.7 Å². The molecule has 4 rings (SSSR count). The first-order valence-electron chi connectivity index (χ1n) is 10.2. The van der Waals surface area contributed by atoms with Crippen LogP contribution in [0.25, 0.3) is 0 Å². The Hall–Kier alpha value is -0.160. The summed E-state index contributed by atoms with van der Waals surface area (Å²) in [4.78, 5) is 0. The Balaban J connectivity index is 1.74. The van der Waals surface area contributed by atoms with Gasteiger partial charge in [-0.1, -0.05) is 13.8 Å². The second-order valence-electron chi connectivity index (χ2n) is 9.94. The van der Waals surface area contributed by atoms with E-state index in [0.717, 1.165) is 45.2 Å². The molecular weight excluding hydrogens is 298 g/mol. The minimum absolute atomic E-state index is 0.146. The molecule has 1 saturated heterocycles. The van der Waals surface area contributed by atoms with Gasteiger partial charge < -0.3 is 21.9 Å². The third-order valence-corrected chi connectivity index (χ3v) is 9.42. The van der Waals surface area contributed by atoms with Crippen LogP contribution < -0.4 is 16.8 Å². The predicted molar refractivity (Wildman–Crippen MR) is 97.5 cm³/mol. The average Bonchev–Trinajstić information content (AvgIpc) is 2.76. The molecular formula is C20H37N3O. The van der Waals surface area contributed by atoms with Crippen molar-refractivity contribution in [1.82, 2.24) is 5.32 Å². The summed E-state index contributed by atoms with van der Waals surface area (Å²) in [6, 6.07) is 0. The molecule has 0 spiro atoms. The SMILES string of the molecule is C[C@]12CCCNCCC1CC[C@H]1[C@]2(N)CC[C@]2(C)[C@@H](O)CC[C@@]12N. The Labute approximate surface area is 147 Å². The quantitative estimate of drug-likeness (QED) is 0.546. The molecule has 0 bridgehead atoms. The van der Waals surface area contributed by atoms with Gasteiger partial charge in [0.2, 0.25) is 0 Å². The maximum absolute atomic E-state index is 10.7. The van der Waals surface area contributed by atoms with Gasteiger partial charge in [0, 0.05) is 16.5 Å². The number of nitrogens with one attached hydrogen (secondary N) is 1. The van der Waals surface area contributed by atoms with Gasteiger partial charge in [0.25, 0.3) is 0 Å². The maximum atomic E-state index is 10.7. The standard InChI is InChI=1S/C20H37N3O/c1-17-8-3-12-23-13-7-14(17)4-5-15-19(21)9-6-16(24)18(19,2)10-11-20(15,17)22/h14-16,23-24H,3-13,21-22H2,1-2H3/t14?,15-,16+,17+,18-,19-,20-/m1/s1. The summed E-state index contributed by atoms with van der Waals surface area (Å²) in [6.45, 7) is 6.96. The Kier molecular flexibility index (Phi) is 3.90. The van der Waals surface area contributed by atoms with Gasteiger partial charge in [-0.2, -0.15) is 0 Å². The van der Waals surface area contributed by atoms with Crippen LogP contribution in [0.2, 0.25) is 0 Å². The fourth-order valence-electron chi connectivity index (χ4n) is 7.51. The summed E-state index contributed by atoms with van der Waals surface area (Å²) < 4.78 is 0. The fraction of sp³-hybridized carbons (Fsp3) is 1.00. The highest BCUT2D eigenvalue weighted by Gasteiger charge is 2.70. The van der Waals surface area contributed by atoms with E-state index in [-0.39, 0.29) is 28.0 Å². The molecule has 1 aliphatic heterocycles. The molecule has 1 unspecified atom stereocenters. The van der Waals surface area contributed by atoms with Crippen molar-refractivity contribution < 1.29 is 5.11 Å². The van der Waals surface area contributed by atoms with Crippen molar-refractivity contribution in [2.24, 2.45) is 34.1 Å². The van der Waals surface area contributed by atoms with Gasteiger partial charge in [0.15, 0.2) is 0 Å². The molecule has 0 aromatic heterocycles. The summed E-state index contributed by atoms with van der Waals surface area (Å²) in [6.07, 6.45) is 9.65. The summed E-state index contributed by atoms with van der Waals surface area (Å²) in [5, 5.41) is 14.3. The molecule has 4 fully saturated rings. The van der Waals surface area contributed by atoms with Gasteiger partial charge in [0.1, 0.15) is 0 Å². The number of aliphatic hydroxyl groups excluding tert-OH is 1. The second-order valence-corrected chi connectivity index (χ2v) is 9.94. The van der Waals surface area contributed by atoms with Crippen LogP contribution >= 0.6 is 0 Å². The molecule has 4 nitrogen and oxygen atoms in total. The van der Waals surface area contributed by atoms with Crippen LogP contribution in [-0.4, -0.2) is 35.4 Å². The zero-order chi connectivity index (χ0) is 17.2. The van der Waals surface area contributed by atoms with Crippen LogP contribution in [0.4, 0.5) is 0 Å². The summed E-state index contributed by atoms with van der Waals surface area (Å²) >= 11 is 0. The average molecular weight is 336 g/mol. The lowest BCUT2D eigenvalue weighted by atomic mass is 9.41. The first kappa shape index (κ1) is 17.3. The van der Waals surface area contributed by atoms with Crippen LogP contribution in [0, 0.1) is 22.7 Å². The summed E-state index contributed by atoms with van der Waals surface area (Å²) in [7, 11) is 0. The second kappa shape index (κ2) is 5.42. The monoisotopic (exact) mass is 335 g/mol. The Morgan fingerprint density at radius 2 is 1.58 bits per heavy atom. The number of rotatable bonds is 0. The minimum atomic E-state index is -0.284. The zero-order valence-electron chi connectivity index (χ0n) is 15.6. The molecule has 0 aromatic rings. The van der Waals surface area contributed by atoms with Crippen LogP contribution in [0.1, 0.15) is 71.6 Å². The highest BCUT2D eigenvalue weighted by Crippen LogP contribution is 2.66. The van der Waals surface area contributed by atoms with Crippen molar-refractivity contribution in [2.45, 2.75) is 88.8 Å². The van der Waals surface area contributed by atoms with E-state index in [9.17, 15) is 5.11 Å².